The summed E-state index contributed by atoms with van der Waals surface area (Å²) in [6, 6.07) is 0. The highest BCUT2D eigenvalue weighted by Gasteiger charge is 0.601. The molecular weight excluding hydrogens is 54.0 g/mol. The summed E-state index contributed by atoms with van der Waals surface area (Å²) in [6.07, 6.45) is 0. The minimum Gasteiger partial charge on any atom is -0.637 e. The average molecular weight is 61.1 g/mol. The summed E-state index contributed by atoms with van der Waals surface area (Å²) in [5, 5.41) is 8.00. The summed E-state index contributed by atoms with van der Waals surface area (Å²) < 4.78 is 0. The Kier molecular flexibility index (Phi) is 149. The van der Waals surface area contributed by atoms with Crippen molar-refractivity contribution in [3.63, 3.8) is 0 Å². The van der Waals surface area contributed by atoms with Crippen LogP contribution in [0.4, 0.5) is 0 Å². The van der Waals surface area contributed by atoms with Crippen LogP contribution in [0.2, 0.25) is 0 Å². The smallest absolute Gasteiger partial charge is 0.106 e. The molecule has 0 aliphatic rings. The van der Waals surface area contributed by atoms with Crippen molar-refractivity contribution < 1.29 is 5.90 Å². The molecule has 0 spiro atoms. The van der Waals surface area contributed by atoms with Gasteiger partial charge in [-0.15, -0.1) is 13.2 Å². The Morgan fingerprint density at radius 3 is 1.25 bits per heavy atom. The Labute approximate surface area is 25.5 Å². The molecule has 2 nitrogen and oxygen atoms in total. The van der Waals surface area contributed by atoms with Crippen LogP contribution in [0.3, 0.4) is 0 Å². The maximum Gasteiger partial charge on any atom is -0.106 e. The monoisotopic (exact) mass is 61.1 g/mol. The van der Waals surface area contributed by atoms with E-state index in [2.05, 4.69) is 13.2 Å². The molecule has 0 aromatic heterocycles. The number of quaternary nitrogens is 1. The summed E-state index contributed by atoms with van der Waals surface area (Å²) in [5.74, 6) is 2.00. The van der Waals surface area contributed by atoms with Crippen LogP contribution < -0.4 is 5.90 Å². The molecule has 0 aliphatic heterocycles. The second-order valence-corrected chi connectivity index (χ2v) is 0. The Morgan fingerprint density at radius 1 is 1.25 bits per heavy atom. The molecule has 0 saturated heterocycles. The predicted molar refractivity (Wildman–Crippen MR) is 17.5 cm³/mol. The third-order valence-corrected chi connectivity index (χ3v) is 0. The Balaban J connectivity index is 0. The Hall–Kier alpha value is -0.340. The van der Waals surface area contributed by atoms with Gasteiger partial charge in [-0.2, -0.15) is 0 Å². The van der Waals surface area contributed by atoms with Crippen LogP contribution in [-0.2, 0) is 0 Å². The zero-order chi connectivity index (χ0) is 4.00. The van der Waals surface area contributed by atoms with Gasteiger partial charge in [0.1, 0.15) is 0 Å². The van der Waals surface area contributed by atoms with Gasteiger partial charge in [0.05, 0.1) is 0 Å². The van der Waals surface area contributed by atoms with Crippen LogP contribution >= 0.6 is 0 Å². The van der Waals surface area contributed by atoms with Crippen molar-refractivity contribution in [3.05, 3.63) is 18.4 Å². The molecule has 3 N–H and O–H groups in total. The van der Waals surface area contributed by atoms with E-state index in [9.17, 15) is 0 Å². The largest absolute Gasteiger partial charge is 0.637 e. The SMILES string of the molecule is C=C.[NH3+][O-]. The standard InChI is InChI=1S/C2H4.H3NO/c2*1-2/h1-2H2;1H3. The average Bonchev–Trinajstić information content (AvgIpc) is 1.50. The molecule has 0 unspecified atom stereocenters. The Bertz CT molecular complexity index is 6.00. The third-order valence-electron chi connectivity index (χ3n) is 0. The van der Waals surface area contributed by atoms with Crippen LogP contribution in [0.1, 0.15) is 0 Å². The highest BCUT2D eigenvalue weighted by Crippen LogP contribution is 0.862. The lowest BCUT2D eigenvalue weighted by Crippen LogP contribution is -2.37. The normalized spacial score (nSPS) is 2.50. The summed E-state index contributed by atoms with van der Waals surface area (Å²) in [5.41, 5.74) is 0. The molecule has 0 atom stereocenters. The van der Waals surface area contributed by atoms with Crippen molar-refractivity contribution in [1.29, 1.82) is 0 Å². The first-order valence-corrected chi connectivity index (χ1v) is 0.789. The maximum absolute atomic E-state index is 8.00. The van der Waals surface area contributed by atoms with E-state index in [1.165, 1.54) is 0 Å². The fourth-order valence-electron chi connectivity index (χ4n) is 0. The third kappa shape index (κ3) is 6.26. The van der Waals surface area contributed by atoms with E-state index in [0.717, 1.165) is 0 Å². The van der Waals surface area contributed by atoms with Crippen LogP contribution in [0, 0.1) is 5.21 Å². The molecule has 0 saturated carbocycles. The van der Waals surface area contributed by atoms with Gasteiger partial charge < -0.3 is 11.1 Å². The van der Waals surface area contributed by atoms with Crippen molar-refractivity contribution in [2.45, 2.75) is 0 Å². The van der Waals surface area contributed by atoms with Gasteiger partial charge in [0.25, 0.3) is 0 Å². The molecule has 0 amide bonds. The maximum atomic E-state index is 8.00. The lowest BCUT2D eigenvalue weighted by atomic mass is 11.3. The Morgan fingerprint density at radius 2 is 1.25 bits per heavy atom. The van der Waals surface area contributed by atoms with E-state index >= 15 is 0 Å². The first kappa shape index (κ1) is 9.40. The van der Waals surface area contributed by atoms with Crippen LogP contribution in [0.5, 0.6) is 0 Å². The second-order valence-electron chi connectivity index (χ2n) is 0. The molecular formula is C2H7NO. The van der Waals surface area contributed by atoms with Gasteiger partial charge in [0.15, 0.2) is 0 Å². The van der Waals surface area contributed by atoms with Gasteiger partial charge in [-0.05, 0) is 0 Å². The molecule has 0 aromatic carbocycles. The van der Waals surface area contributed by atoms with E-state index in [-0.39, 0.29) is 0 Å². The summed E-state index contributed by atoms with van der Waals surface area (Å²) in [4.78, 5) is 0. The summed E-state index contributed by atoms with van der Waals surface area (Å²) in [6.45, 7) is 6.00. The predicted octanol–water partition coefficient (Wildman–Crippen LogP) is -0.472. The molecule has 4 heavy (non-hydrogen) atoms. The molecule has 26 valence electrons. The summed E-state index contributed by atoms with van der Waals surface area (Å²) >= 11 is 0. The molecule has 0 heterocycles. The van der Waals surface area contributed by atoms with E-state index in [1.54, 1.807) is 0 Å². The van der Waals surface area contributed by atoms with Gasteiger partial charge in [0, 0.05) is 0 Å². The second kappa shape index (κ2) is 63.4. The van der Waals surface area contributed by atoms with Gasteiger partial charge in [-0.3, -0.25) is 0 Å². The summed E-state index contributed by atoms with van der Waals surface area (Å²) in [7, 11) is 0. The van der Waals surface area contributed by atoms with Crippen molar-refractivity contribution >= 4 is 0 Å². The molecule has 0 radical (unpaired) electrons. The molecule has 0 aliphatic carbocycles. The zero-order valence-corrected chi connectivity index (χ0v) is 2.53. The van der Waals surface area contributed by atoms with Gasteiger partial charge >= 0.3 is 0 Å². The fraction of sp³-hybridized carbons (Fsp3) is 0. The minimum absolute atomic E-state index is 2.00. The molecule has 2 heteroatoms. The van der Waals surface area contributed by atoms with E-state index in [1.807, 2.05) is 5.90 Å². The molecule has 0 rings (SSSR count). The van der Waals surface area contributed by atoms with E-state index in [4.69, 9.17) is 5.21 Å². The number of rotatable bonds is 0. The van der Waals surface area contributed by atoms with Gasteiger partial charge in [-0.1, -0.05) is 0 Å². The topological polar surface area (TPSA) is 50.7 Å². The first-order valence-electron chi connectivity index (χ1n) is 0.789. The zero-order valence-electron chi connectivity index (χ0n) is 2.53. The van der Waals surface area contributed by atoms with Crippen molar-refractivity contribution in [2.24, 2.45) is 0 Å². The minimum atomic E-state index is 2.00. The fourth-order valence-corrected chi connectivity index (χ4v) is 0. The van der Waals surface area contributed by atoms with Crippen LogP contribution in [0.15, 0.2) is 13.2 Å². The lowest BCUT2D eigenvalue weighted by Gasteiger charge is -1.52. The van der Waals surface area contributed by atoms with Gasteiger partial charge in [0.2, 0.25) is 0 Å². The van der Waals surface area contributed by atoms with Crippen molar-refractivity contribution in [1.82, 2.24) is 0 Å². The molecule has 0 aromatic rings. The first-order chi connectivity index (χ1) is 2.00. The molecule has 0 bridgehead atoms. The van der Waals surface area contributed by atoms with Crippen LogP contribution in [0.25, 0.3) is 0 Å². The van der Waals surface area contributed by atoms with Gasteiger partial charge in [-0.25, -0.2) is 0 Å². The van der Waals surface area contributed by atoms with Crippen molar-refractivity contribution in [2.75, 3.05) is 0 Å². The van der Waals surface area contributed by atoms with Crippen molar-refractivity contribution in [3.8, 4) is 0 Å². The highest BCUT2D eigenvalue weighted by molar-refractivity contribution is 4.22. The van der Waals surface area contributed by atoms with Crippen LogP contribution in [-0.4, -0.2) is 0 Å². The molecule has 0 fully saturated rings. The van der Waals surface area contributed by atoms with E-state index < -0.39 is 0 Å². The lowest BCUT2D eigenvalue weighted by molar-refractivity contribution is -0.275. The quantitative estimate of drug-likeness (QED) is 0.298. The highest BCUT2D eigenvalue weighted by atomic mass is 16.4. The van der Waals surface area contributed by atoms with E-state index in [0.29, 0.717) is 0 Å². The number of hydrogen-bond acceptors (Lipinski definition) is 1. The number of hydrogen-bond donors (Lipinski definition) is 1.